The molecule has 24 heavy (non-hydrogen) atoms. The first-order valence-corrected chi connectivity index (χ1v) is 9.69. The zero-order chi connectivity index (χ0) is 16.9. The number of hydrogen-bond donors (Lipinski definition) is 0. The normalized spacial score (nSPS) is 11.0. The van der Waals surface area contributed by atoms with Crippen molar-refractivity contribution in [1.29, 1.82) is 0 Å². The van der Waals surface area contributed by atoms with Crippen LogP contribution in [-0.4, -0.2) is 20.2 Å². The molecule has 0 saturated heterocycles. The van der Waals surface area contributed by atoms with Gasteiger partial charge in [-0.1, -0.05) is 95.0 Å². The maximum Gasteiger partial charge on any atom is 0.155 e. The van der Waals surface area contributed by atoms with Gasteiger partial charge in [0.2, 0.25) is 0 Å². The van der Waals surface area contributed by atoms with Crippen LogP contribution < -0.4 is 0 Å². The first kappa shape index (κ1) is 18.6. The first-order valence-electron chi connectivity index (χ1n) is 9.69. The topological polar surface area (TPSA) is 43.6 Å². The maximum absolute atomic E-state index is 4.18. The van der Waals surface area contributed by atoms with Crippen LogP contribution in [0.15, 0.2) is 30.3 Å². The van der Waals surface area contributed by atoms with Crippen molar-refractivity contribution in [2.45, 2.75) is 84.1 Å². The third-order valence-electron chi connectivity index (χ3n) is 4.53. The molecule has 0 amide bonds. The SMILES string of the molecule is CCCCCCCCCCCCn1nnnc1Cc1ccccc1. The van der Waals surface area contributed by atoms with Gasteiger partial charge in [-0.2, -0.15) is 0 Å². The lowest BCUT2D eigenvalue weighted by Crippen LogP contribution is -2.06. The smallest absolute Gasteiger partial charge is 0.155 e. The highest BCUT2D eigenvalue weighted by Gasteiger charge is 2.06. The Labute approximate surface area is 146 Å². The van der Waals surface area contributed by atoms with Crippen LogP contribution in [0, 0.1) is 0 Å². The second kappa shape index (κ2) is 11.8. The Morgan fingerprint density at radius 3 is 2.08 bits per heavy atom. The van der Waals surface area contributed by atoms with Crippen molar-refractivity contribution in [3.63, 3.8) is 0 Å². The van der Waals surface area contributed by atoms with Crippen LogP contribution in [0.25, 0.3) is 0 Å². The molecule has 2 rings (SSSR count). The number of nitrogens with zero attached hydrogens (tertiary/aromatic N) is 4. The summed E-state index contributed by atoms with van der Waals surface area (Å²) in [6.07, 6.45) is 14.3. The highest BCUT2D eigenvalue weighted by Crippen LogP contribution is 2.11. The van der Waals surface area contributed by atoms with Gasteiger partial charge in [-0.3, -0.25) is 0 Å². The molecule has 4 nitrogen and oxygen atoms in total. The van der Waals surface area contributed by atoms with Gasteiger partial charge in [0, 0.05) is 13.0 Å². The summed E-state index contributed by atoms with van der Waals surface area (Å²) in [4.78, 5) is 0. The Bertz CT molecular complexity index is 536. The van der Waals surface area contributed by atoms with E-state index in [9.17, 15) is 0 Å². The average molecular weight is 329 g/mol. The van der Waals surface area contributed by atoms with Crippen LogP contribution in [0.5, 0.6) is 0 Å². The molecule has 2 aromatic rings. The average Bonchev–Trinajstić information content (AvgIpc) is 3.04. The van der Waals surface area contributed by atoms with E-state index in [2.05, 4.69) is 46.7 Å². The maximum atomic E-state index is 4.18. The van der Waals surface area contributed by atoms with E-state index in [4.69, 9.17) is 0 Å². The summed E-state index contributed by atoms with van der Waals surface area (Å²) in [5.41, 5.74) is 1.26. The van der Waals surface area contributed by atoms with Crippen LogP contribution in [-0.2, 0) is 13.0 Å². The molecule has 4 heteroatoms. The van der Waals surface area contributed by atoms with Crippen LogP contribution in [0.2, 0.25) is 0 Å². The quantitative estimate of drug-likeness (QED) is 0.476. The highest BCUT2D eigenvalue weighted by molar-refractivity contribution is 5.18. The summed E-state index contributed by atoms with van der Waals surface area (Å²) in [7, 11) is 0. The fourth-order valence-corrected chi connectivity index (χ4v) is 3.05. The molecule has 1 heterocycles. The summed E-state index contributed by atoms with van der Waals surface area (Å²) in [5.74, 6) is 0.970. The number of rotatable bonds is 13. The molecule has 0 fully saturated rings. The molecule has 0 atom stereocenters. The molecular weight excluding hydrogens is 296 g/mol. The van der Waals surface area contributed by atoms with E-state index in [1.807, 2.05) is 10.7 Å². The number of aromatic nitrogens is 4. The Morgan fingerprint density at radius 1 is 0.792 bits per heavy atom. The van der Waals surface area contributed by atoms with E-state index in [0.29, 0.717) is 0 Å². The summed E-state index contributed by atoms with van der Waals surface area (Å²) >= 11 is 0. The van der Waals surface area contributed by atoms with Crippen molar-refractivity contribution in [3.8, 4) is 0 Å². The van der Waals surface area contributed by atoms with E-state index >= 15 is 0 Å². The minimum atomic E-state index is 0.811. The molecule has 0 saturated carbocycles. The van der Waals surface area contributed by atoms with E-state index in [1.165, 1.54) is 69.8 Å². The third-order valence-corrected chi connectivity index (χ3v) is 4.53. The van der Waals surface area contributed by atoms with Crippen LogP contribution in [0.4, 0.5) is 0 Å². The fraction of sp³-hybridized carbons (Fsp3) is 0.650. The van der Waals surface area contributed by atoms with Gasteiger partial charge in [-0.25, -0.2) is 4.68 Å². The second-order valence-corrected chi connectivity index (χ2v) is 6.66. The zero-order valence-corrected chi connectivity index (χ0v) is 15.2. The molecule has 0 bridgehead atoms. The van der Waals surface area contributed by atoms with Gasteiger partial charge in [0.1, 0.15) is 0 Å². The number of benzene rings is 1. The standard InChI is InChI=1S/C20H32N4/c1-2-3-4-5-6-7-8-9-10-14-17-24-20(21-22-23-24)18-19-15-12-11-13-16-19/h11-13,15-16H,2-10,14,17-18H2,1H3. The van der Waals surface area contributed by atoms with Gasteiger partial charge in [0.15, 0.2) is 5.82 Å². The van der Waals surface area contributed by atoms with E-state index in [-0.39, 0.29) is 0 Å². The summed E-state index contributed by atoms with van der Waals surface area (Å²) in [6, 6.07) is 10.4. The number of tetrazole rings is 1. The number of aryl methyl sites for hydroxylation is 1. The monoisotopic (exact) mass is 328 g/mol. The third kappa shape index (κ3) is 7.24. The molecule has 0 aliphatic heterocycles. The van der Waals surface area contributed by atoms with Gasteiger partial charge >= 0.3 is 0 Å². The van der Waals surface area contributed by atoms with Crippen molar-refractivity contribution in [1.82, 2.24) is 20.2 Å². The number of hydrogen-bond acceptors (Lipinski definition) is 3. The van der Waals surface area contributed by atoms with Gasteiger partial charge in [-0.05, 0) is 22.4 Å². The predicted octanol–water partition coefficient (Wildman–Crippen LogP) is 5.18. The predicted molar refractivity (Wildman–Crippen MR) is 98.9 cm³/mol. The molecule has 0 aliphatic rings. The van der Waals surface area contributed by atoms with Crippen LogP contribution in [0.1, 0.15) is 82.5 Å². The van der Waals surface area contributed by atoms with Gasteiger partial charge < -0.3 is 0 Å². The molecule has 132 valence electrons. The fourth-order valence-electron chi connectivity index (χ4n) is 3.05. The van der Waals surface area contributed by atoms with Crippen LogP contribution in [0.3, 0.4) is 0 Å². The minimum Gasteiger partial charge on any atom is -0.229 e. The summed E-state index contributed by atoms with van der Waals surface area (Å²) < 4.78 is 1.97. The zero-order valence-electron chi connectivity index (χ0n) is 15.2. The van der Waals surface area contributed by atoms with Gasteiger partial charge in [0.25, 0.3) is 0 Å². The minimum absolute atomic E-state index is 0.811. The van der Waals surface area contributed by atoms with Crippen molar-refractivity contribution in [2.75, 3.05) is 0 Å². The lowest BCUT2D eigenvalue weighted by Gasteiger charge is -2.05. The molecule has 0 aliphatic carbocycles. The van der Waals surface area contributed by atoms with E-state index < -0.39 is 0 Å². The second-order valence-electron chi connectivity index (χ2n) is 6.66. The Kier molecular flexibility index (Phi) is 9.13. The molecule has 0 unspecified atom stereocenters. The summed E-state index contributed by atoms with van der Waals surface area (Å²) in [6.45, 7) is 3.21. The molecule has 1 aromatic carbocycles. The van der Waals surface area contributed by atoms with E-state index in [0.717, 1.165) is 18.8 Å². The van der Waals surface area contributed by atoms with Crippen molar-refractivity contribution in [2.24, 2.45) is 0 Å². The Hall–Kier alpha value is -1.71. The lowest BCUT2D eigenvalue weighted by atomic mass is 10.1. The first-order chi connectivity index (χ1) is 11.9. The lowest BCUT2D eigenvalue weighted by molar-refractivity contribution is 0.499. The largest absolute Gasteiger partial charge is 0.229 e. The van der Waals surface area contributed by atoms with Crippen molar-refractivity contribution < 1.29 is 0 Å². The van der Waals surface area contributed by atoms with Crippen molar-refractivity contribution >= 4 is 0 Å². The molecule has 0 N–H and O–H groups in total. The molecular formula is C20H32N4. The molecule has 0 radical (unpaired) electrons. The Balaban J connectivity index is 1.56. The molecule has 0 spiro atoms. The summed E-state index contributed by atoms with van der Waals surface area (Å²) in [5, 5.41) is 12.2. The highest BCUT2D eigenvalue weighted by atomic mass is 15.5. The van der Waals surface area contributed by atoms with Crippen LogP contribution >= 0.6 is 0 Å². The Morgan fingerprint density at radius 2 is 1.42 bits per heavy atom. The van der Waals surface area contributed by atoms with Gasteiger partial charge in [0.05, 0.1) is 0 Å². The number of unbranched alkanes of at least 4 members (excludes halogenated alkanes) is 9. The van der Waals surface area contributed by atoms with Crippen molar-refractivity contribution in [3.05, 3.63) is 41.7 Å². The van der Waals surface area contributed by atoms with E-state index in [1.54, 1.807) is 0 Å². The molecule has 1 aromatic heterocycles. The van der Waals surface area contributed by atoms with Gasteiger partial charge in [-0.15, -0.1) is 5.10 Å².